The average molecular weight is 516 g/mol. The normalized spacial score (nSPS) is 19.3. The Kier molecular flexibility index (Phi) is 6.67. The van der Waals surface area contributed by atoms with Crippen LogP contribution in [0.15, 0.2) is 23.8 Å². The number of piperidine rings is 1. The maximum atomic E-state index is 13.5. The fourth-order valence-electron chi connectivity index (χ4n) is 4.63. The molecule has 9 nitrogen and oxygen atoms in total. The van der Waals surface area contributed by atoms with E-state index in [1.165, 1.54) is 12.8 Å². The summed E-state index contributed by atoms with van der Waals surface area (Å²) in [7, 11) is 0. The van der Waals surface area contributed by atoms with Gasteiger partial charge in [0.15, 0.2) is 5.82 Å². The van der Waals surface area contributed by atoms with Crippen LogP contribution >= 0.6 is 23.7 Å². The Morgan fingerprint density at radius 2 is 1.89 bits per heavy atom. The molecule has 35 heavy (non-hydrogen) atoms. The number of amides is 2. The Hall–Kier alpha value is -2.72. The number of fused-ring (bicyclic) bond motifs is 1. The molecule has 1 aliphatic heterocycles. The first-order valence-electron chi connectivity index (χ1n) is 12.2. The third-order valence-electron chi connectivity index (χ3n) is 7.10. The van der Waals surface area contributed by atoms with Crippen molar-refractivity contribution in [2.75, 3.05) is 18.4 Å². The summed E-state index contributed by atoms with van der Waals surface area (Å²) in [5, 5.41) is 13.0. The highest BCUT2D eigenvalue weighted by molar-refractivity contribution is 7.16. The summed E-state index contributed by atoms with van der Waals surface area (Å²) in [6, 6.07) is 2.22. The van der Waals surface area contributed by atoms with E-state index in [4.69, 9.17) is 4.98 Å². The number of nitrogens with zero attached hydrogens (tertiary/aromatic N) is 5. The molecule has 6 rings (SSSR count). The lowest BCUT2D eigenvalue weighted by Crippen LogP contribution is -2.47. The Labute approximate surface area is 214 Å². The smallest absolute Gasteiger partial charge is 0.272 e. The molecule has 3 fully saturated rings. The van der Waals surface area contributed by atoms with Crippen LogP contribution in [0.25, 0.3) is 16.2 Å². The number of likely N-dealkylation sites (tertiary alicyclic amines) is 1. The lowest BCUT2D eigenvalue weighted by atomic mass is 10.0. The van der Waals surface area contributed by atoms with Crippen molar-refractivity contribution in [3.63, 3.8) is 0 Å². The Bertz CT molecular complexity index is 1230. The number of hydrogen-bond donors (Lipinski definition) is 2. The van der Waals surface area contributed by atoms with Gasteiger partial charge in [-0.05, 0) is 51.4 Å². The molecule has 0 bridgehead atoms. The molecule has 2 saturated carbocycles. The highest BCUT2D eigenvalue weighted by Crippen LogP contribution is 2.34. The predicted octanol–water partition coefficient (Wildman–Crippen LogP) is 3.62. The molecule has 2 aliphatic carbocycles. The van der Waals surface area contributed by atoms with E-state index in [0.717, 1.165) is 36.1 Å². The molecule has 186 valence electrons. The van der Waals surface area contributed by atoms with Crippen molar-refractivity contribution >= 4 is 46.2 Å². The first-order valence-corrected chi connectivity index (χ1v) is 13.1. The van der Waals surface area contributed by atoms with Gasteiger partial charge in [0.05, 0.1) is 11.8 Å². The van der Waals surface area contributed by atoms with E-state index in [-0.39, 0.29) is 36.2 Å². The van der Waals surface area contributed by atoms with Crippen molar-refractivity contribution in [2.45, 2.75) is 57.5 Å². The number of nitrogens with one attached hydrogen (secondary N) is 2. The van der Waals surface area contributed by atoms with Crippen molar-refractivity contribution in [2.24, 2.45) is 11.8 Å². The number of anilines is 1. The van der Waals surface area contributed by atoms with Crippen LogP contribution in [0.2, 0.25) is 0 Å². The van der Waals surface area contributed by atoms with Gasteiger partial charge in [-0.2, -0.15) is 5.10 Å². The summed E-state index contributed by atoms with van der Waals surface area (Å²) in [6.45, 7) is 3.38. The molecule has 0 aromatic carbocycles. The molecule has 0 unspecified atom stereocenters. The van der Waals surface area contributed by atoms with Gasteiger partial charge in [-0.25, -0.2) is 14.5 Å². The first kappa shape index (κ1) is 24.0. The number of thiazole rings is 1. The summed E-state index contributed by atoms with van der Waals surface area (Å²) in [4.78, 5) is 37.8. The zero-order valence-corrected chi connectivity index (χ0v) is 21.3. The van der Waals surface area contributed by atoms with Crippen LogP contribution in [0.3, 0.4) is 0 Å². The summed E-state index contributed by atoms with van der Waals surface area (Å²) in [5.74, 6) is 2.14. The first-order chi connectivity index (χ1) is 16.5. The van der Waals surface area contributed by atoms with E-state index in [0.29, 0.717) is 42.4 Å². The largest absolute Gasteiger partial charge is 0.367 e. The zero-order valence-electron chi connectivity index (χ0n) is 19.6. The van der Waals surface area contributed by atoms with Crippen molar-refractivity contribution in [1.82, 2.24) is 29.8 Å². The van der Waals surface area contributed by atoms with Gasteiger partial charge in [0.1, 0.15) is 16.3 Å². The predicted molar refractivity (Wildman–Crippen MR) is 137 cm³/mol. The van der Waals surface area contributed by atoms with E-state index in [2.05, 4.69) is 27.6 Å². The molecule has 1 atom stereocenters. The van der Waals surface area contributed by atoms with Gasteiger partial charge in [-0.3, -0.25) is 9.59 Å². The minimum Gasteiger partial charge on any atom is -0.367 e. The lowest BCUT2D eigenvalue weighted by Gasteiger charge is -2.32. The van der Waals surface area contributed by atoms with Gasteiger partial charge in [0.2, 0.25) is 5.91 Å². The van der Waals surface area contributed by atoms with Crippen molar-refractivity contribution in [1.29, 1.82) is 0 Å². The maximum absolute atomic E-state index is 13.5. The van der Waals surface area contributed by atoms with E-state index >= 15 is 0 Å². The van der Waals surface area contributed by atoms with Crippen LogP contribution < -0.4 is 10.6 Å². The van der Waals surface area contributed by atoms with Crippen molar-refractivity contribution < 1.29 is 9.59 Å². The topological polar surface area (TPSA) is 105 Å². The average Bonchev–Trinajstić information content (AvgIpc) is 3.76. The summed E-state index contributed by atoms with van der Waals surface area (Å²) < 4.78 is 1.80. The summed E-state index contributed by atoms with van der Waals surface area (Å²) in [5.41, 5.74) is 1.22. The molecule has 3 aromatic heterocycles. The minimum absolute atomic E-state index is 0. The molecule has 2 N–H and O–H groups in total. The van der Waals surface area contributed by atoms with E-state index in [1.807, 2.05) is 16.5 Å². The van der Waals surface area contributed by atoms with E-state index in [1.54, 1.807) is 28.1 Å². The zero-order chi connectivity index (χ0) is 23.2. The molecule has 11 heteroatoms. The molecule has 1 saturated heterocycles. The third-order valence-corrected chi connectivity index (χ3v) is 7.99. The lowest BCUT2D eigenvalue weighted by molar-refractivity contribution is -0.123. The molecular weight excluding hydrogens is 486 g/mol. The molecular formula is C24H30ClN7O2S. The second-order valence-corrected chi connectivity index (χ2v) is 10.7. The number of aromatic nitrogens is 4. The monoisotopic (exact) mass is 515 g/mol. The van der Waals surface area contributed by atoms with Gasteiger partial charge < -0.3 is 15.5 Å². The van der Waals surface area contributed by atoms with Crippen LogP contribution in [0.1, 0.15) is 55.9 Å². The fourth-order valence-corrected chi connectivity index (χ4v) is 5.42. The molecule has 0 radical (unpaired) electrons. The van der Waals surface area contributed by atoms with Crippen LogP contribution in [-0.2, 0) is 4.79 Å². The van der Waals surface area contributed by atoms with Crippen LogP contribution in [0.5, 0.6) is 0 Å². The molecule has 2 amide bonds. The standard InChI is InChI=1S/C24H29N7O2S.ClH/c1-14(15-2-3-15)26-20-12-19(28-21(29-20)18-13-25-31-10-11-34-24(18)31)23(33)30-8-6-17(7-9-30)27-22(32)16-4-5-16;/h10-17H,2-9H2,1H3,(H,27,32)(H,26,28,29);1H/t14-;/m1./s1. The van der Waals surface area contributed by atoms with Gasteiger partial charge in [0, 0.05) is 48.7 Å². The van der Waals surface area contributed by atoms with Crippen LogP contribution in [0.4, 0.5) is 5.82 Å². The quantitative estimate of drug-likeness (QED) is 0.498. The second kappa shape index (κ2) is 9.73. The minimum atomic E-state index is -0.0904. The summed E-state index contributed by atoms with van der Waals surface area (Å²) in [6.07, 6.45) is 9.66. The number of carbonyl (C=O) groups is 2. The molecule has 3 aromatic rings. The van der Waals surface area contributed by atoms with Gasteiger partial charge in [-0.1, -0.05) is 0 Å². The van der Waals surface area contributed by atoms with Crippen molar-refractivity contribution in [3.05, 3.63) is 29.5 Å². The SMILES string of the molecule is C[C@@H](Nc1cc(C(=O)N2CCC(NC(=O)C3CC3)CC2)nc(-c2cnn3ccsc23)n1)C1CC1.Cl. The maximum Gasteiger partial charge on any atom is 0.272 e. The molecule has 4 heterocycles. The number of carbonyl (C=O) groups excluding carboxylic acids is 2. The highest BCUT2D eigenvalue weighted by Gasteiger charge is 2.33. The Morgan fingerprint density at radius 1 is 1.11 bits per heavy atom. The Balaban J connectivity index is 0.00000253. The highest BCUT2D eigenvalue weighted by atomic mass is 35.5. The second-order valence-electron chi connectivity index (χ2n) is 9.79. The number of rotatable bonds is 7. The Morgan fingerprint density at radius 3 is 2.60 bits per heavy atom. The number of hydrogen-bond acceptors (Lipinski definition) is 7. The third kappa shape index (κ3) is 5.13. The van der Waals surface area contributed by atoms with Gasteiger partial charge in [-0.15, -0.1) is 23.7 Å². The van der Waals surface area contributed by atoms with Crippen LogP contribution in [0, 0.1) is 11.8 Å². The van der Waals surface area contributed by atoms with Gasteiger partial charge in [0.25, 0.3) is 5.91 Å². The number of halogens is 1. The molecule has 3 aliphatic rings. The fraction of sp³-hybridized carbons (Fsp3) is 0.542. The van der Waals surface area contributed by atoms with Crippen molar-refractivity contribution in [3.8, 4) is 11.4 Å². The molecule has 0 spiro atoms. The van der Waals surface area contributed by atoms with Crippen LogP contribution in [-0.4, -0.2) is 61.5 Å². The van der Waals surface area contributed by atoms with E-state index < -0.39 is 0 Å². The van der Waals surface area contributed by atoms with E-state index in [9.17, 15) is 9.59 Å². The summed E-state index contributed by atoms with van der Waals surface area (Å²) >= 11 is 1.57. The van der Waals surface area contributed by atoms with Gasteiger partial charge >= 0.3 is 0 Å².